The van der Waals surface area contributed by atoms with Crippen LogP contribution in [0, 0.1) is 5.92 Å². The van der Waals surface area contributed by atoms with Crippen molar-refractivity contribution >= 4 is 21.6 Å². The Labute approximate surface area is 132 Å². The number of hydrogen-bond acceptors (Lipinski definition) is 3. The molecule has 1 aromatic heterocycles. The molecule has 0 aliphatic heterocycles. The van der Waals surface area contributed by atoms with E-state index >= 15 is 0 Å². The van der Waals surface area contributed by atoms with Crippen LogP contribution in [0.1, 0.15) is 26.5 Å². The molecule has 0 fully saturated rings. The number of hydrogen-bond donors (Lipinski definition) is 0. The van der Waals surface area contributed by atoms with Crippen LogP contribution in [0.3, 0.4) is 0 Å². The third kappa shape index (κ3) is 4.71. The number of aromatic nitrogens is 1. The van der Waals surface area contributed by atoms with E-state index in [1.54, 1.807) is 19.4 Å². The molecule has 0 saturated carbocycles. The molecule has 0 unspecified atom stereocenters. The minimum Gasteiger partial charge on any atom is -0.383 e. The van der Waals surface area contributed by atoms with Crippen LogP contribution >= 0.6 is 11.6 Å². The van der Waals surface area contributed by atoms with Gasteiger partial charge in [-0.3, -0.25) is 0 Å². The number of methoxy groups -OCH3 is 1. The molecule has 0 spiro atoms. The molecule has 5 nitrogen and oxygen atoms in total. The van der Waals surface area contributed by atoms with Gasteiger partial charge in [-0.25, -0.2) is 8.42 Å². The molecule has 0 aliphatic carbocycles. The largest absolute Gasteiger partial charge is 0.383 e. The Morgan fingerprint density at radius 1 is 1.43 bits per heavy atom. The Kier molecular flexibility index (Phi) is 7.20. The Morgan fingerprint density at radius 2 is 2.10 bits per heavy atom. The van der Waals surface area contributed by atoms with E-state index in [0.29, 0.717) is 37.0 Å². The van der Waals surface area contributed by atoms with Crippen LogP contribution in [0.2, 0.25) is 0 Å². The average molecular weight is 337 g/mol. The van der Waals surface area contributed by atoms with Gasteiger partial charge in [0.15, 0.2) is 0 Å². The molecular formula is C14H25ClN2O3S. The molecule has 1 rings (SSSR count). The predicted molar refractivity (Wildman–Crippen MR) is 85.1 cm³/mol. The molecule has 21 heavy (non-hydrogen) atoms. The first-order valence-electron chi connectivity index (χ1n) is 7.10. The van der Waals surface area contributed by atoms with Crippen molar-refractivity contribution in [2.45, 2.75) is 38.1 Å². The van der Waals surface area contributed by atoms with Crippen molar-refractivity contribution in [3.05, 3.63) is 18.0 Å². The highest BCUT2D eigenvalue weighted by Gasteiger charge is 2.26. The van der Waals surface area contributed by atoms with E-state index in [-0.39, 0.29) is 5.92 Å². The zero-order chi connectivity index (χ0) is 16.0. The van der Waals surface area contributed by atoms with E-state index in [1.165, 1.54) is 4.31 Å². The third-order valence-corrected chi connectivity index (χ3v) is 5.29. The van der Waals surface area contributed by atoms with Crippen LogP contribution in [0.25, 0.3) is 0 Å². The summed E-state index contributed by atoms with van der Waals surface area (Å²) in [6, 6.07) is 1.66. The summed E-state index contributed by atoms with van der Waals surface area (Å²) in [5, 5.41) is 0. The van der Waals surface area contributed by atoms with E-state index < -0.39 is 10.0 Å². The summed E-state index contributed by atoms with van der Waals surface area (Å²) < 4.78 is 33.9. The van der Waals surface area contributed by atoms with Crippen LogP contribution in [0.5, 0.6) is 0 Å². The molecule has 122 valence electrons. The quantitative estimate of drug-likeness (QED) is 0.651. The van der Waals surface area contributed by atoms with Gasteiger partial charge in [0.2, 0.25) is 10.0 Å². The molecule has 0 aliphatic rings. The molecule has 0 aromatic carbocycles. The van der Waals surface area contributed by atoms with E-state index in [2.05, 4.69) is 0 Å². The Balaban J connectivity index is 3.11. The molecule has 0 atom stereocenters. The second-order valence-corrected chi connectivity index (χ2v) is 7.54. The number of rotatable bonds is 9. The fraction of sp³-hybridized carbons (Fsp3) is 0.714. The predicted octanol–water partition coefficient (Wildman–Crippen LogP) is 2.54. The highest BCUT2D eigenvalue weighted by atomic mass is 35.5. The summed E-state index contributed by atoms with van der Waals surface area (Å²) in [7, 11) is -1.95. The van der Waals surface area contributed by atoms with Crippen molar-refractivity contribution in [1.82, 2.24) is 8.87 Å². The highest BCUT2D eigenvalue weighted by molar-refractivity contribution is 7.89. The van der Waals surface area contributed by atoms with Gasteiger partial charge in [0.25, 0.3) is 0 Å². The summed E-state index contributed by atoms with van der Waals surface area (Å²) in [6.45, 7) is 7.85. The zero-order valence-corrected chi connectivity index (χ0v) is 14.7. The molecule has 7 heteroatoms. The number of ether oxygens (including phenoxy) is 1. The van der Waals surface area contributed by atoms with Gasteiger partial charge >= 0.3 is 0 Å². The van der Waals surface area contributed by atoms with Crippen LogP contribution in [-0.2, 0) is 27.2 Å². The van der Waals surface area contributed by atoms with Crippen molar-refractivity contribution < 1.29 is 13.2 Å². The molecule has 0 saturated heterocycles. The van der Waals surface area contributed by atoms with Gasteiger partial charge in [0.05, 0.1) is 12.5 Å². The maximum Gasteiger partial charge on any atom is 0.244 e. The molecule has 0 amide bonds. The highest BCUT2D eigenvalue weighted by Crippen LogP contribution is 2.21. The second kappa shape index (κ2) is 8.17. The first kappa shape index (κ1) is 18.5. The monoisotopic (exact) mass is 336 g/mol. The second-order valence-electron chi connectivity index (χ2n) is 5.34. The van der Waals surface area contributed by atoms with Crippen molar-refractivity contribution in [2.75, 3.05) is 26.8 Å². The lowest BCUT2D eigenvalue weighted by Crippen LogP contribution is -2.36. The van der Waals surface area contributed by atoms with Crippen LogP contribution in [0.4, 0.5) is 0 Å². The van der Waals surface area contributed by atoms with E-state index in [4.69, 9.17) is 16.3 Å². The number of alkyl halides is 1. The lowest BCUT2D eigenvalue weighted by atomic mass is 10.2. The topological polar surface area (TPSA) is 51.5 Å². The van der Waals surface area contributed by atoms with Crippen LogP contribution in [-0.4, -0.2) is 44.1 Å². The lowest BCUT2D eigenvalue weighted by molar-refractivity contribution is 0.175. The van der Waals surface area contributed by atoms with Crippen LogP contribution in [0.15, 0.2) is 17.2 Å². The van der Waals surface area contributed by atoms with Gasteiger partial charge in [0, 0.05) is 38.6 Å². The SMILES string of the molecule is CCn1cc(S(=O)(=O)N(CCOC)CC(C)C)cc1CCl. The molecule has 0 radical (unpaired) electrons. The van der Waals surface area contributed by atoms with Gasteiger partial charge in [-0.1, -0.05) is 13.8 Å². The van der Waals surface area contributed by atoms with Gasteiger partial charge in [0.1, 0.15) is 4.90 Å². The minimum absolute atomic E-state index is 0.248. The van der Waals surface area contributed by atoms with E-state index in [0.717, 1.165) is 5.69 Å². The molecule has 0 bridgehead atoms. The fourth-order valence-corrected chi connectivity index (χ4v) is 4.01. The lowest BCUT2D eigenvalue weighted by Gasteiger charge is -2.23. The minimum atomic E-state index is -3.52. The molecule has 0 N–H and O–H groups in total. The Bertz CT molecular complexity index is 519. The van der Waals surface area contributed by atoms with Crippen molar-refractivity contribution in [3.8, 4) is 0 Å². The standard InChI is InChI=1S/C14H25ClN2O3S/c1-5-16-11-14(8-13(16)9-15)21(18,19)17(6-7-20-4)10-12(2)3/h8,11-12H,5-7,9-10H2,1-4H3. The summed E-state index contributed by atoms with van der Waals surface area (Å²) in [5.41, 5.74) is 0.814. The third-order valence-electron chi connectivity index (χ3n) is 3.19. The van der Waals surface area contributed by atoms with Crippen molar-refractivity contribution in [1.29, 1.82) is 0 Å². The molecular weight excluding hydrogens is 312 g/mol. The summed E-state index contributed by atoms with van der Waals surface area (Å²) in [6.07, 6.45) is 1.66. The maximum absolute atomic E-state index is 12.8. The maximum atomic E-state index is 12.8. The smallest absolute Gasteiger partial charge is 0.244 e. The van der Waals surface area contributed by atoms with Crippen molar-refractivity contribution in [2.24, 2.45) is 5.92 Å². The normalized spacial score (nSPS) is 12.5. The van der Waals surface area contributed by atoms with Gasteiger partial charge in [-0.15, -0.1) is 11.6 Å². The average Bonchev–Trinajstić information content (AvgIpc) is 2.86. The first-order chi connectivity index (χ1) is 9.86. The number of aryl methyl sites for hydroxylation is 1. The summed E-state index contributed by atoms with van der Waals surface area (Å²) in [5.74, 6) is 0.545. The van der Waals surface area contributed by atoms with Gasteiger partial charge < -0.3 is 9.30 Å². The fourth-order valence-electron chi connectivity index (χ4n) is 2.13. The first-order valence-corrected chi connectivity index (χ1v) is 9.08. The molecule has 1 heterocycles. The van der Waals surface area contributed by atoms with E-state index in [9.17, 15) is 8.42 Å². The zero-order valence-electron chi connectivity index (χ0n) is 13.2. The molecule has 1 aromatic rings. The Morgan fingerprint density at radius 3 is 2.52 bits per heavy atom. The number of sulfonamides is 1. The van der Waals surface area contributed by atoms with E-state index in [1.807, 2.05) is 25.3 Å². The number of halogens is 1. The number of nitrogens with zero attached hydrogens (tertiary/aromatic N) is 2. The van der Waals surface area contributed by atoms with Crippen LogP contribution < -0.4 is 0 Å². The van der Waals surface area contributed by atoms with Gasteiger partial charge in [-0.2, -0.15) is 4.31 Å². The summed E-state index contributed by atoms with van der Waals surface area (Å²) in [4.78, 5) is 0.303. The van der Waals surface area contributed by atoms with Crippen molar-refractivity contribution in [3.63, 3.8) is 0 Å². The summed E-state index contributed by atoms with van der Waals surface area (Å²) >= 11 is 5.87. The Hall–Kier alpha value is -0.560. The van der Waals surface area contributed by atoms with Gasteiger partial charge in [-0.05, 0) is 18.9 Å².